The molecule has 4 aliphatic carbocycles. The molecule has 152 valence electrons. The summed E-state index contributed by atoms with van der Waals surface area (Å²) >= 11 is 3.48. The van der Waals surface area contributed by atoms with Crippen LogP contribution in [0.4, 0.5) is 0 Å². The first-order valence-electron chi connectivity index (χ1n) is 11.7. The number of carbonyl (C=O) groups is 1. The molecule has 0 aromatic rings. The molecule has 3 unspecified atom stereocenters. The Morgan fingerprint density at radius 3 is 2.44 bits per heavy atom. The van der Waals surface area contributed by atoms with Gasteiger partial charge in [0.05, 0.1) is 5.33 Å². The quantitative estimate of drug-likeness (QED) is 0.339. The van der Waals surface area contributed by atoms with Crippen LogP contribution in [0.2, 0.25) is 0 Å². The monoisotopic (exact) mass is 434 g/mol. The predicted octanol–water partition coefficient (Wildman–Crippen LogP) is 7.19. The molecule has 0 saturated heterocycles. The highest BCUT2D eigenvalue weighted by molar-refractivity contribution is 9.09. The topological polar surface area (TPSA) is 17.1 Å². The highest BCUT2D eigenvalue weighted by Gasteiger charge is 2.58. The third-order valence-corrected chi connectivity index (χ3v) is 10.5. The van der Waals surface area contributed by atoms with Crippen molar-refractivity contribution >= 4 is 21.7 Å². The van der Waals surface area contributed by atoms with Crippen LogP contribution < -0.4 is 0 Å². The van der Waals surface area contributed by atoms with E-state index in [0.29, 0.717) is 22.4 Å². The second-order valence-corrected chi connectivity index (χ2v) is 11.4. The highest BCUT2D eigenvalue weighted by atomic mass is 79.9. The van der Waals surface area contributed by atoms with Crippen LogP contribution in [0.5, 0.6) is 0 Å². The zero-order chi connectivity index (χ0) is 19.2. The fourth-order valence-corrected chi connectivity index (χ4v) is 8.78. The molecule has 0 aromatic carbocycles. The second-order valence-electron chi connectivity index (χ2n) is 10.9. The molecule has 27 heavy (non-hydrogen) atoms. The number of Topliss-reactive ketones (excluding diaryl/α,β-unsaturated/α-hetero) is 1. The van der Waals surface area contributed by atoms with Gasteiger partial charge in [-0.05, 0) is 98.2 Å². The summed E-state index contributed by atoms with van der Waals surface area (Å²) in [5.74, 6) is 5.04. The molecule has 8 atom stereocenters. The van der Waals surface area contributed by atoms with E-state index in [-0.39, 0.29) is 5.41 Å². The van der Waals surface area contributed by atoms with Gasteiger partial charge in [-0.2, -0.15) is 0 Å². The maximum atomic E-state index is 12.7. The van der Waals surface area contributed by atoms with E-state index in [1.165, 1.54) is 64.2 Å². The maximum Gasteiger partial charge on any atom is 0.147 e. The van der Waals surface area contributed by atoms with Crippen LogP contribution >= 0.6 is 15.9 Å². The zero-order valence-corrected chi connectivity index (χ0v) is 19.1. The summed E-state index contributed by atoms with van der Waals surface area (Å²) in [5.41, 5.74) is 0.676. The van der Waals surface area contributed by atoms with Gasteiger partial charge in [-0.15, -0.1) is 6.58 Å². The molecule has 0 aromatic heterocycles. The van der Waals surface area contributed by atoms with Crippen LogP contribution in [0, 0.1) is 46.3 Å². The van der Waals surface area contributed by atoms with E-state index in [1.54, 1.807) is 0 Å². The van der Waals surface area contributed by atoms with Gasteiger partial charge in [-0.1, -0.05) is 48.7 Å². The van der Waals surface area contributed by atoms with Gasteiger partial charge in [0.15, 0.2) is 0 Å². The number of hydrogen-bond acceptors (Lipinski definition) is 1. The summed E-state index contributed by atoms with van der Waals surface area (Å²) in [6.45, 7) is 9.30. The van der Waals surface area contributed by atoms with Gasteiger partial charge in [-0.25, -0.2) is 0 Å². The Kier molecular flexibility index (Phi) is 5.69. The molecule has 4 rings (SSSR count). The number of ketones is 1. The molecule has 0 heterocycles. The van der Waals surface area contributed by atoms with Gasteiger partial charge in [0, 0.05) is 5.92 Å². The molecule has 0 radical (unpaired) electrons. The third kappa shape index (κ3) is 3.21. The predicted molar refractivity (Wildman–Crippen MR) is 117 cm³/mol. The Hall–Kier alpha value is -0.110. The van der Waals surface area contributed by atoms with Gasteiger partial charge < -0.3 is 0 Å². The smallest absolute Gasteiger partial charge is 0.147 e. The summed E-state index contributed by atoms with van der Waals surface area (Å²) in [6, 6.07) is 0. The van der Waals surface area contributed by atoms with E-state index in [0.717, 1.165) is 36.0 Å². The van der Waals surface area contributed by atoms with Crippen molar-refractivity contribution in [1.82, 2.24) is 0 Å². The zero-order valence-electron chi connectivity index (χ0n) is 17.5. The molecular weight excluding hydrogens is 396 g/mol. The van der Waals surface area contributed by atoms with Gasteiger partial charge in [0.25, 0.3) is 0 Å². The summed E-state index contributed by atoms with van der Waals surface area (Å²) in [7, 11) is 0. The highest BCUT2D eigenvalue weighted by Crippen LogP contribution is 2.65. The standard InChI is InChI=1S/C25H39BrO/c1-4-25-14-10-17(2)8-9-21(25)19-11-13-24(3)20(18(19)12-15-25)6-5-7-22(24)23(27)16-26/h4,17-22H,1,5-16H2,2-3H3/t17-,18+,19?,20?,21+,22?,24-,25-/m0/s1. The number of carbonyl (C=O) groups excluding carboxylic acids is 1. The minimum atomic E-state index is 0.260. The van der Waals surface area contributed by atoms with Crippen molar-refractivity contribution in [1.29, 1.82) is 0 Å². The summed E-state index contributed by atoms with van der Waals surface area (Å²) in [6.07, 6.45) is 17.1. The Labute approximate surface area is 175 Å². The average molecular weight is 435 g/mol. The number of allylic oxidation sites excluding steroid dienone is 1. The number of halogens is 1. The molecular formula is C25H39BrO. The van der Waals surface area contributed by atoms with Crippen molar-refractivity contribution in [2.75, 3.05) is 5.33 Å². The normalized spacial score (nSPS) is 49.9. The van der Waals surface area contributed by atoms with Crippen LogP contribution in [-0.2, 0) is 4.79 Å². The molecule has 4 fully saturated rings. The fourth-order valence-electron chi connectivity index (χ4n) is 8.39. The van der Waals surface area contributed by atoms with E-state index >= 15 is 0 Å². The largest absolute Gasteiger partial charge is 0.298 e. The van der Waals surface area contributed by atoms with E-state index in [9.17, 15) is 4.79 Å². The van der Waals surface area contributed by atoms with Crippen molar-refractivity contribution < 1.29 is 4.79 Å². The summed E-state index contributed by atoms with van der Waals surface area (Å²) in [4.78, 5) is 12.7. The first-order chi connectivity index (χ1) is 12.9. The molecule has 0 N–H and O–H groups in total. The minimum Gasteiger partial charge on any atom is -0.298 e. The molecule has 0 spiro atoms. The van der Waals surface area contributed by atoms with E-state index in [2.05, 4.69) is 42.4 Å². The van der Waals surface area contributed by atoms with Gasteiger partial charge in [0.2, 0.25) is 0 Å². The Balaban J connectivity index is 1.63. The fraction of sp³-hybridized carbons (Fsp3) is 0.880. The molecule has 0 amide bonds. The Morgan fingerprint density at radius 2 is 1.70 bits per heavy atom. The van der Waals surface area contributed by atoms with Gasteiger partial charge >= 0.3 is 0 Å². The molecule has 1 nitrogen and oxygen atoms in total. The molecule has 4 saturated carbocycles. The lowest BCUT2D eigenvalue weighted by molar-refractivity contribution is -0.143. The second kappa shape index (κ2) is 7.62. The number of fused-ring (bicyclic) bond motifs is 5. The van der Waals surface area contributed by atoms with Crippen LogP contribution in [0.1, 0.15) is 84.5 Å². The minimum absolute atomic E-state index is 0.260. The summed E-state index contributed by atoms with van der Waals surface area (Å²) in [5, 5.41) is 0.550. The average Bonchev–Trinajstić information content (AvgIpc) is 2.86. The SMILES string of the molecule is C=C[C@@]12CC[C@@H](C)CC[C@@H]1C1CC[C@]3(C)C(C(=O)CBr)CCCC3[C@@H]1CC2. The lowest BCUT2D eigenvalue weighted by Gasteiger charge is -2.61. The maximum absolute atomic E-state index is 12.7. The lowest BCUT2D eigenvalue weighted by Crippen LogP contribution is -2.55. The Morgan fingerprint density at radius 1 is 1.00 bits per heavy atom. The van der Waals surface area contributed by atoms with Crippen molar-refractivity contribution in [3.05, 3.63) is 12.7 Å². The molecule has 0 aliphatic heterocycles. The number of rotatable bonds is 3. The molecule has 4 aliphatic rings. The third-order valence-electron chi connectivity index (χ3n) is 9.93. The molecule has 2 heteroatoms. The number of alkyl halides is 1. The van der Waals surface area contributed by atoms with Gasteiger partial charge in [-0.3, -0.25) is 4.79 Å². The number of hydrogen-bond donors (Lipinski definition) is 0. The van der Waals surface area contributed by atoms with E-state index in [4.69, 9.17) is 0 Å². The summed E-state index contributed by atoms with van der Waals surface area (Å²) < 4.78 is 0. The van der Waals surface area contributed by atoms with Crippen LogP contribution in [-0.4, -0.2) is 11.1 Å². The first-order valence-corrected chi connectivity index (χ1v) is 12.8. The van der Waals surface area contributed by atoms with Crippen molar-refractivity contribution in [3.63, 3.8) is 0 Å². The van der Waals surface area contributed by atoms with Crippen molar-refractivity contribution in [2.24, 2.45) is 46.3 Å². The van der Waals surface area contributed by atoms with Gasteiger partial charge in [0.1, 0.15) is 5.78 Å². The Bertz CT molecular complexity index is 585. The van der Waals surface area contributed by atoms with Crippen molar-refractivity contribution in [3.8, 4) is 0 Å². The van der Waals surface area contributed by atoms with Crippen LogP contribution in [0.15, 0.2) is 12.7 Å². The van der Waals surface area contributed by atoms with E-state index in [1.807, 2.05) is 0 Å². The van der Waals surface area contributed by atoms with E-state index < -0.39 is 0 Å². The van der Waals surface area contributed by atoms with Crippen LogP contribution in [0.25, 0.3) is 0 Å². The molecule has 0 bridgehead atoms. The van der Waals surface area contributed by atoms with Crippen LogP contribution in [0.3, 0.4) is 0 Å². The first kappa shape index (κ1) is 20.2. The lowest BCUT2D eigenvalue weighted by atomic mass is 9.43. The van der Waals surface area contributed by atoms with Crippen molar-refractivity contribution in [2.45, 2.75) is 84.5 Å².